The minimum Gasteiger partial charge on any atom is -0.380 e. The van der Waals surface area contributed by atoms with Crippen molar-refractivity contribution < 1.29 is 9.63 Å². The summed E-state index contributed by atoms with van der Waals surface area (Å²) in [6.07, 6.45) is 0.965. The molecule has 3 aromatic carbocycles. The molecule has 0 saturated carbocycles. The molecule has 0 fully saturated rings. The van der Waals surface area contributed by atoms with Crippen LogP contribution in [0.1, 0.15) is 22.6 Å². The van der Waals surface area contributed by atoms with Crippen molar-refractivity contribution >= 4 is 35.0 Å². The highest BCUT2D eigenvalue weighted by Gasteiger charge is 2.28. The topological polar surface area (TPSA) is 132 Å². The molecule has 0 aliphatic rings. The van der Waals surface area contributed by atoms with Gasteiger partial charge in [0.25, 0.3) is 5.56 Å². The lowest BCUT2D eigenvalue weighted by atomic mass is 9.91. The number of amidine groups is 1. The molecule has 0 spiro atoms. The Morgan fingerprint density at radius 3 is 2.40 bits per heavy atom. The number of benzene rings is 3. The Hall–Kier alpha value is -4.21. The Bertz CT molecular complexity index is 1520. The second-order valence-electron chi connectivity index (χ2n) is 7.29. The first-order valence-electron chi connectivity index (χ1n) is 10.2. The molecule has 0 amide bonds. The van der Waals surface area contributed by atoms with Crippen LogP contribution in [0.3, 0.4) is 0 Å². The number of hydrogen-bond acceptors (Lipinski definition) is 6. The number of nitrogens with one attached hydrogen (secondary N) is 1. The van der Waals surface area contributed by atoms with Gasteiger partial charge in [0, 0.05) is 15.6 Å². The van der Waals surface area contributed by atoms with Crippen LogP contribution in [0.4, 0.5) is 0 Å². The average molecular weight is 510 g/mol. The number of nitrogens with two attached hydrogens (primary N) is 1. The number of aromatic nitrogens is 3. The van der Waals surface area contributed by atoms with Crippen LogP contribution in [0, 0.1) is 0 Å². The second-order valence-corrected chi connectivity index (χ2v) is 8.14. The first-order valence-corrected chi connectivity index (χ1v) is 10.9. The molecule has 0 radical (unpaired) electrons. The summed E-state index contributed by atoms with van der Waals surface area (Å²) in [5.41, 5.74) is 6.38. The number of rotatable bonds is 6. The summed E-state index contributed by atoms with van der Waals surface area (Å²) in [4.78, 5) is 43.9. The van der Waals surface area contributed by atoms with Gasteiger partial charge in [0.15, 0.2) is 5.84 Å². The van der Waals surface area contributed by atoms with Gasteiger partial charge < -0.3 is 10.6 Å². The molecular weight excluding hydrogens is 493 g/mol. The molecule has 1 aromatic heterocycles. The van der Waals surface area contributed by atoms with Crippen molar-refractivity contribution in [3.8, 4) is 5.69 Å². The molecule has 4 rings (SSSR count). The summed E-state index contributed by atoms with van der Waals surface area (Å²) in [6, 6.07) is 20.0. The van der Waals surface area contributed by atoms with Gasteiger partial charge in [-0.05, 0) is 35.4 Å². The highest BCUT2D eigenvalue weighted by atomic mass is 35.5. The number of hydrogen-bond donors (Lipinski definition) is 2. The van der Waals surface area contributed by atoms with E-state index in [2.05, 4.69) is 15.2 Å². The Morgan fingerprint density at radius 1 is 1.03 bits per heavy atom. The first-order chi connectivity index (χ1) is 16.8. The quantitative estimate of drug-likeness (QED) is 0.177. The molecule has 0 aliphatic heterocycles. The molecule has 3 N–H and O–H groups in total. The van der Waals surface area contributed by atoms with Gasteiger partial charge in [0.2, 0.25) is 0 Å². The van der Waals surface area contributed by atoms with Crippen molar-refractivity contribution in [1.29, 1.82) is 0 Å². The third kappa shape index (κ3) is 5.48. The molecule has 4 aromatic rings. The van der Waals surface area contributed by atoms with E-state index in [1.165, 1.54) is 12.1 Å². The van der Waals surface area contributed by atoms with E-state index >= 15 is 0 Å². The van der Waals surface area contributed by atoms with Crippen LogP contribution >= 0.6 is 23.2 Å². The van der Waals surface area contributed by atoms with Gasteiger partial charge >= 0.3 is 11.7 Å². The fourth-order valence-corrected chi connectivity index (χ4v) is 3.74. The first kappa shape index (κ1) is 23.9. The molecule has 1 heterocycles. The molecular formula is C24H17Cl2N5O4. The summed E-state index contributed by atoms with van der Waals surface area (Å²) >= 11 is 12.5. The van der Waals surface area contributed by atoms with E-state index < -0.39 is 23.1 Å². The molecule has 11 heteroatoms. The monoisotopic (exact) mass is 509 g/mol. The third-order valence-electron chi connectivity index (χ3n) is 5.00. The zero-order valence-corrected chi connectivity index (χ0v) is 19.4. The second kappa shape index (κ2) is 10.4. The number of aromatic amines is 1. The van der Waals surface area contributed by atoms with E-state index in [9.17, 15) is 14.4 Å². The van der Waals surface area contributed by atoms with Crippen LogP contribution < -0.4 is 17.0 Å². The van der Waals surface area contributed by atoms with Crippen LogP contribution in [0.15, 0.2) is 93.7 Å². The summed E-state index contributed by atoms with van der Waals surface area (Å²) < 4.78 is 0.970. The maximum atomic E-state index is 13.2. The van der Waals surface area contributed by atoms with E-state index in [0.717, 1.165) is 10.9 Å². The molecule has 0 saturated heterocycles. The highest BCUT2D eigenvalue weighted by Crippen LogP contribution is 2.33. The summed E-state index contributed by atoms with van der Waals surface area (Å²) in [6.45, 7) is 0. The maximum Gasteiger partial charge on any atom is 0.349 e. The van der Waals surface area contributed by atoms with Gasteiger partial charge in [-0.3, -0.25) is 9.78 Å². The zero-order chi connectivity index (χ0) is 24.9. The van der Waals surface area contributed by atoms with Crippen molar-refractivity contribution in [2.24, 2.45) is 10.9 Å². The smallest absolute Gasteiger partial charge is 0.349 e. The molecule has 1 unspecified atom stereocenters. The van der Waals surface area contributed by atoms with Crippen molar-refractivity contribution in [1.82, 2.24) is 14.8 Å². The van der Waals surface area contributed by atoms with Crippen LogP contribution in [0.25, 0.3) is 5.69 Å². The molecule has 35 heavy (non-hydrogen) atoms. The van der Waals surface area contributed by atoms with E-state index in [1.807, 2.05) is 6.07 Å². The number of halogens is 2. The minimum absolute atomic E-state index is 0.0266. The summed E-state index contributed by atoms with van der Waals surface area (Å²) in [7, 11) is 0. The molecule has 0 aliphatic carbocycles. The predicted octanol–water partition coefficient (Wildman–Crippen LogP) is 3.22. The van der Waals surface area contributed by atoms with E-state index in [0.29, 0.717) is 21.7 Å². The fraction of sp³-hybridized carbons (Fsp3) is 0.0417. The van der Waals surface area contributed by atoms with Gasteiger partial charge in [0.1, 0.15) is 12.1 Å². The summed E-state index contributed by atoms with van der Waals surface area (Å²) in [5.74, 6) is -1.69. The lowest BCUT2D eigenvalue weighted by Crippen LogP contribution is -2.30. The Labute approximate surface area is 208 Å². The van der Waals surface area contributed by atoms with Crippen LogP contribution in [0.5, 0.6) is 0 Å². The molecule has 9 nitrogen and oxygen atoms in total. The minimum atomic E-state index is -0.985. The lowest BCUT2D eigenvalue weighted by molar-refractivity contribution is -0.144. The van der Waals surface area contributed by atoms with E-state index in [1.54, 1.807) is 54.6 Å². The number of nitrogens with zero attached hydrogens (tertiary/aromatic N) is 3. The molecule has 176 valence electrons. The summed E-state index contributed by atoms with van der Waals surface area (Å²) in [5, 5.41) is 8.23. The SMILES string of the molecule is N/C(=N\OC(=O)C(c1ccc(Cl)cc1)c1ccc(-n2ncc(=O)[nH]c2=O)cc1Cl)c1ccccc1. The van der Waals surface area contributed by atoms with Gasteiger partial charge in [-0.15, -0.1) is 0 Å². The van der Waals surface area contributed by atoms with Gasteiger partial charge in [-0.25, -0.2) is 9.59 Å². The van der Waals surface area contributed by atoms with E-state index in [-0.39, 0.29) is 16.5 Å². The largest absolute Gasteiger partial charge is 0.380 e. The highest BCUT2D eigenvalue weighted by molar-refractivity contribution is 6.32. The molecule has 1 atom stereocenters. The van der Waals surface area contributed by atoms with Crippen molar-refractivity contribution in [2.45, 2.75) is 5.92 Å². The predicted molar refractivity (Wildman–Crippen MR) is 132 cm³/mol. The van der Waals surface area contributed by atoms with Crippen molar-refractivity contribution in [2.75, 3.05) is 0 Å². The average Bonchev–Trinajstić information content (AvgIpc) is 2.85. The number of H-pyrrole nitrogens is 1. The van der Waals surface area contributed by atoms with Gasteiger partial charge in [-0.1, -0.05) is 76.9 Å². The van der Waals surface area contributed by atoms with Crippen molar-refractivity contribution in [3.05, 3.63) is 127 Å². The number of oxime groups is 1. The Morgan fingerprint density at radius 2 is 1.74 bits per heavy atom. The fourth-order valence-electron chi connectivity index (χ4n) is 3.33. The van der Waals surface area contributed by atoms with Crippen LogP contribution in [-0.4, -0.2) is 26.6 Å². The lowest BCUT2D eigenvalue weighted by Gasteiger charge is -2.17. The van der Waals surface area contributed by atoms with Crippen molar-refractivity contribution in [3.63, 3.8) is 0 Å². The number of carbonyl (C=O) groups is 1. The van der Waals surface area contributed by atoms with Gasteiger partial charge in [-0.2, -0.15) is 9.78 Å². The normalized spacial score (nSPS) is 12.2. The van der Waals surface area contributed by atoms with Gasteiger partial charge in [0.05, 0.1) is 5.69 Å². The van der Waals surface area contributed by atoms with E-state index in [4.69, 9.17) is 33.8 Å². The van der Waals surface area contributed by atoms with Crippen LogP contribution in [0.2, 0.25) is 10.0 Å². The standard InChI is InChI=1S/C24H17Cl2N5O4/c25-16-8-6-14(7-9-16)21(23(33)35-30-22(27)15-4-2-1-3-5-15)18-11-10-17(12-19(18)26)31-24(34)29-20(32)13-28-31/h1-13,21H,(H2,27,30)(H,29,32,34). The third-order valence-corrected chi connectivity index (χ3v) is 5.57. The zero-order valence-electron chi connectivity index (χ0n) is 17.9. The van der Waals surface area contributed by atoms with Crippen LogP contribution in [-0.2, 0) is 9.63 Å². The Kier molecular flexibility index (Phi) is 7.09. The number of carbonyl (C=O) groups excluding carboxylic acids is 1. The molecule has 0 bridgehead atoms. The maximum absolute atomic E-state index is 13.2. The Balaban J connectivity index is 1.71.